The highest BCUT2D eigenvalue weighted by molar-refractivity contribution is 6.06. The third-order valence-corrected chi connectivity index (χ3v) is 5.85. The molecule has 0 saturated carbocycles. The maximum Gasteiger partial charge on any atom is 0.387 e. The Labute approximate surface area is 219 Å². The summed E-state index contributed by atoms with van der Waals surface area (Å²) in [6.07, 6.45) is 0. The van der Waals surface area contributed by atoms with Gasteiger partial charge in [-0.3, -0.25) is 14.3 Å². The van der Waals surface area contributed by atoms with E-state index in [1.54, 1.807) is 25.1 Å². The molecule has 0 unspecified atom stereocenters. The lowest BCUT2D eigenvalue weighted by atomic mass is 10.1. The highest BCUT2D eigenvalue weighted by Crippen LogP contribution is 2.34. The molecule has 3 aromatic carbocycles. The number of halogens is 4. The third-order valence-electron chi connectivity index (χ3n) is 5.85. The number of rotatable bonds is 8. The average Bonchev–Trinajstić information content (AvgIpc) is 3.12. The molecule has 1 heterocycles. The maximum absolute atomic E-state index is 15.2. The fraction of sp³-hybridized carbons (Fsp3) is 0.185. The monoisotopic (exact) mass is 545 g/mol. The Bertz CT molecular complexity index is 1570. The molecule has 1 aromatic heterocycles. The molecule has 0 spiro atoms. The van der Waals surface area contributed by atoms with Gasteiger partial charge >= 0.3 is 6.61 Å². The summed E-state index contributed by atoms with van der Waals surface area (Å²) < 4.78 is 72.2. The van der Waals surface area contributed by atoms with Crippen LogP contribution in [-0.4, -0.2) is 36.1 Å². The third kappa shape index (κ3) is 5.44. The van der Waals surface area contributed by atoms with E-state index in [0.29, 0.717) is 11.4 Å². The fourth-order valence-corrected chi connectivity index (χ4v) is 4.13. The minimum atomic E-state index is -3.05. The lowest BCUT2D eigenvalue weighted by molar-refractivity contribution is -0.0498. The van der Waals surface area contributed by atoms with E-state index in [1.807, 2.05) is 0 Å². The van der Waals surface area contributed by atoms with Gasteiger partial charge in [-0.05, 0) is 48.9 Å². The first-order chi connectivity index (χ1) is 18.5. The molecule has 1 amide bonds. The number of hydrogen-bond acceptors (Lipinski definition) is 5. The van der Waals surface area contributed by atoms with E-state index >= 15 is 8.78 Å². The Hall–Kier alpha value is -4.74. The molecular formula is C27H23F4N3O5. The van der Waals surface area contributed by atoms with E-state index < -0.39 is 41.0 Å². The fourth-order valence-electron chi connectivity index (χ4n) is 4.13. The Morgan fingerprint density at radius 2 is 1.49 bits per heavy atom. The zero-order chi connectivity index (χ0) is 28.4. The molecule has 0 aliphatic heterocycles. The standard InChI is InChI=1S/C27H23F4N3O5/c1-14-9-16(11-18(10-14)37-3)34-26(36)23(32-25(35)15-5-7-17(8-6-15)39-27(30)31)24(33(34)2)22-20(28)12-19(38-4)13-21(22)29/h5-13,27H,1-4H3,(H,32,35). The first kappa shape index (κ1) is 27.3. The van der Waals surface area contributed by atoms with Crippen molar-refractivity contribution in [1.29, 1.82) is 0 Å². The van der Waals surface area contributed by atoms with Crippen molar-refractivity contribution in [2.75, 3.05) is 19.5 Å². The van der Waals surface area contributed by atoms with Crippen molar-refractivity contribution < 1.29 is 36.6 Å². The molecule has 0 atom stereocenters. The highest BCUT2D eigenvalue weighted by Gasteiger charge is 2.28. The van der Waals surface area contributed by atoms with Crippen LogP contribution < -0.4 is 25.1 Å². The minimum Gasteiger partial charge on any atom is -0.497 e. The summed E-state index contributed by atoms with van der Waals surface area (Å²) in [6, 6.07) is 11.5. The van der Waals surface area contributed by atoms with Crippen LogP contribution in [0.25, 0.3) is 16.9 Å². The predicted octanol–water partition coefficient (Wildman–Crippen LogP) is 5.30. The molecule has 12 heteroatoms. The highest BCUT2D eigenvalue weighted by atomic mass is 19.3. The van der Waals surface area contributed by atoms with Crippen molar-refractivity contribution in [3.8, 4) is 34.2 Å². The molecule has 204 valence electrons. The molecule has 0 fully saturated rings. The van der Waals surface area contributed by atoms with Crippen molar-refractivity contribution >= 4 is 11.6 Å². The molecule has 0 aliphatic carbocycles. The average molecular weight is 545 g/mol. The summed E-state index contributed by atoms with van der Waals surface area (Å²) in [7, 11) is 4.10. The molecule has 0 saturated heterocycles. The molecule has 0 aliphatic rings. The van der Waals surface area contributed by atoms with E-state index in [1.165, 1.54) is 38.1 Å². The number of ether oxygens (including phenoxy) is 3. The largest absolute Gasteiger partial charge is 0.497 e. The second kappa shape index (κ2) is 10.9. The molecule has 4 rings (SSSR count). The van der Waals surface area contributed by atoms with Gasteiger partial charge in [-0.15, -0.1) is 0 Å². The first-order valence-electron chi connectivity index (χ1n) is 11.4. The van der Waals surface area contributed by atoms with E-state index in [9.17, 15) is 18.4 Å². The Kier molecular flexibility index (Phi) is 7.65. The number of benzene rings is 3. The van der Waals surface area contributed by atoms with Crippen LogP contribution in [0.5, 0.6) is 17.2 Å². The summed E-state index contributed by atoms with van der Waals surface area (Å²) in [4.78, 5) is 26.8. The first-order valence-corrected chi connectivity index (χ1v) is 11.4. The second-order valence-corrected chi connectivity index (χ2v) is 8.40. The molecule has 4 aromatic rings. The van der Waals surface area contributed by atoms with E-state index in [-0.39, 0.29) is 22.8 Å². The van der Waals surface area contributed by atoms with E-state index in [4.69, 9.17) is 9.47 Å². The number of alkyl halides is 2. The van der Waals surface area contributed by atoms with Gasteiger partial charge in [0.15, 0.2) is 0 Å². The van der Waals surface area contributed by atoms with Gasteiger partial charge in [0.05, 0.1) is 25.5 Å². The number of amides is 1. The summed E-state index contributed by atoms with van der Waals surface area (Å²) in [5, 5.41) is 2.43. The van der Waals surface area contributed by atoms with Crippen LogP contribution in [0.2, 0.25) is 0 Å². The number of methoxy groups -OCH3 is 2. The lowest BCUT2D eigenvalue weighted by Crippen LogP contribution is -2.23. The number of aryl methyl sites for hydroxylation is 1. The minimum absolute atomic E-state index is 0.0229. The van der Waals surface area contributed by atoms with Gasteiger partial charge in [0, 0.05) is 30.8 Å². The van der Waals surface area contributed by atoms with Crippen LogP contribution in [0, 0.1) is 18.6 Å². The molecule has 39 heavy (non-hydrogen) atoms. The van der Waals surface area contributed by atoms with E-state index in [0.717, 1.165) is 34.5 Å². The number of nitrogens with one attached hydrogen (secondary N) is 1. The molecular weight excluding hydrogens is 522 g/mol. The number of hydrogen-bond donors (Lipinski definition) is 1. The quantitative estimate of drug-likeness (QED) is 0.304. The van der Waals surface area contributed by atoms with Crippen molar-refractivity contribution in [2.45, 2.75) is 13.5 Å². The van der Waals surface area contributed by atoms with Gasteiger partial charge in [0.1, 0.15) is 40.3 Å². The summed E-state index contributed by atoms with van der Waals surface area (Å²) in [5.74, 6) is -2.74. The maximum atomic E-state index is 15.2. The Morgan fingerprint density at radius 3 is 2.05 bits per heavy atom. The van der Waals surface area contributed by atoms with Crippen LogP contribution in [0.15, 0.2) is 59.4 Å². The lowest BCUT2D eigenvalue weighted by Gasteiger charge is -2.14. The van der Waals surface area contributed by atoms with Gasteiger partial charge in [-0.2, -0.15) is 8.78 Å². The number of carbonyl (C=O) groups excluding carboxylic acids is 1. The number of carbonyl (C=O) groups is 1. The van der Waals surface area contributed by atoms with Crippen LogP contribution in [0.3, 0.4) is 0 Å². The van der Waals surface area contributed by atoms with Gasteiger partial charge in [-0.1, -0.05) is 0 Å². The topological polar surface area (TPSA) is 83.7 Å². The zero-order valence-electron chi connectivity index (χ0n) is 21.2. The SMILES string of the molecule is COc1cc(C)cc(-n2c(=O)c(NC(=O)c3ccc(OC(F)F)cc3)c(-c3c(F)cc(OC)cc3F)n2C)c1. The Balaban J connectivity index is 1.90. The molecule has 0 bridgehead atoms. The number of nitrogens with zero attached hydrogens (tertiary/aromatic N) is 2. The summed E-state index contributed by atoms with van der Waals surface area (Å²) >= 11 is 0. The van der Waals surface area contributed by atoms with Crippen LogP contribution >= 0.6 is 0 Å². The molecule has 1 N–H and O–H groups in total. The second-order valence-electron chi connectivity index (χ2n) is 8.40. The van der Waals surface area contributed by atoms with Gasteiger partial charge in [0.2, 0.25) is 0 Å². The smallest absolute Gasteiger partial charge is 0.387 e. The normalized spacial score (nSPS) is 11.0. The summed E-state index contributed by atoms with van der Waals surface area (Å²) in [5.41, 5.74) is -1.03. The van der Waals surface area contributed by atoms with Gasteiger partial charge in [-0.25, -0.2) is 13.5 Å². The van der Waals surface area contributed by atoms with Crippen LogP contribution in [0.1, 0.15) is 15.9 Å². The number of aromatic nitrogens is 2. The molecule has 0 radical (unpaired) electrons. The molecule has 8 nitrogen and oxygen atoms in total. The van der Waals surface area contributed by atoms with Crippen molar-refractivity contribution in [3.05, 3.63) is 87.7 Å². The van der Waals surface area contributed by atoms with Crippen molar-refractivity contribution in [2.24, 2.45) is 7.05 Å². The zero-order valence-corrected chi connectivity index (χ0v) is 21.2. The predicted molar refractivity (Wildman–Crippen MR) is 135 cm³/mol. The van der Waals surface area contributed by atoms with E-state index in [2.05, 4.69) is 10.1 Å². The van der Waals surface area contributed by atoms with Crippen LogP contribution in [0.4, 0.5) is 23.2 Å². The van der Waals surface area contributed by atoms with Gasteiger partial charge in [0.25, 0.3) is 11.5 Å². The Morgan fingerprint density at radius 1 is 0.897 bits per heavy atom. The number of anilines is 1. The summed E-state index contributed by atoms with van der Waals surface area (Å²) in [6.45, 7) is -1.28. The van der Waals surface area contributed by atoms with Gasteiger partial charge < -0.3 is 19.5 Å². The van der Waals surface area contributed by atoms with Crippen molar-refractivity contribution in [1.82, 2.24) is 9.36 Å². The van der Waals surface area contributed by atoms with Crippen molar-refractivity contribution in [3.63, 3.8) is 0 Å². The van der Waals surface area contributed by atoms with Crippen LogP contribution in [-0.2, 0) is 7.05 Å².